The summed E-state index contributed by atoms with van der Waals surface area (Å²) in [5, 5.41) is 16.1. The van der Waals surface area contributed by atoms with Gasteiger partial charge in [-0.2, -0.15) is 20.0 Å². The number of nitrogens with zero attached hydrogens (tertiary/aromatic N) is 5. The summed E-state index contributed by atoms with van der Waals surface area (Å²) in [6.07, 6.45) is 3.73. The van der Waals surface area contributed by atoms with Gasteiger partial charge in [-0.3, -0.25) is 9.78 Å². The minimum atomic E-state index is 0.443. The molecule has 0 fully saturated rings. The number of aromatic nitrogens is 5. The van der Waals surface area contributed by atoms with Crippen LogP contribution in [0, 0.1) is 11.7 Å². The van der Waals surface area contributed by atoms with Gasteiger partial charge in [-0.15, -0.1) is 0 Å². The first kappa shape index (κ1) is 18.8. The highest BCUT2D eigenvalue weighted by Gasteiger charge is 2.12. The Morgan fingerprint density at radius 3 is 2.72 bits per heavy atom. The molecule has 0 saturated heterocycles. The number of methoxy groups -OCH3 is 1. The molecule has 8 heteroatoms. The van der Waals surface area contributed by atoms with Crippen LogP contribution in [-0.4, -0.2) is 38.0 Å². The van der Waals surface area contributed by atoms with E-state index in [1.54, 1.807) is 18.0 Å². The van der Waals surface area contributed by atoms with Crippen molar-refractivity contribution < 1.29 is 4.74 Å². The molecule has 2 aromatic heterocycles. The first-order chi connectivity index (χ1) is 14.1. The van der Waals surface area contributed by atoms with Gasteiger partial charge in [0.1, 0.15) is 17.3 Å². The van der Waals surface area contributed by atoms with Crippen LogP contribution in [0.1, 0.15) is 17.0 Å². The minimum absolute atomic E-state index is 0.443. The van der Waals surface area contributed by atoms with Crippen molar-refractivity contribution in [2.45, 2.75) is 13.5 Å². The van der Waals surface area contributed by atoms with Crippen molar-refractivity contribution in [1.29, 1.82) is 0 Å². The lowest BCUT2D eigenvalue weighted by Crippen LogP contribution is -2.00. The number of benzene rings is 2. The molecule has 1 N–H and O–H groups in total. The number of hydrogen-bond acceptors (Lipinski definition) is 5. The predicted molar refractivity (Wildman–Crippen MR) is 115 cm³/mol. The molecule has 0 unspecified atom stereocenters. The fraction of sp³-hybridized carbons (Fsp3) is 0.143. The highest BCUT2D eigenvalue weighted by atomic mass is 32.1. The van der Waals surface area contributed by atoms with Crippen LogP contribution in [-0.2, 0) is 6.54 Å². The fourth-order valence-corrected chi connectivity index (χ4v) is 3.23. The van der Waals surface area contributed by atoms with Crippen LogP contribution in [0.4, 0.5) is 0 Å². The lowest BCUT2D eigenvalue weighted by Gasteiger charge is -2.03. The molecule has 0 saturated carbocycles. The van der Waals surface area contributed by atoms with E-state index in [0.29, 0.717) is 17.1 Å². The third-order valence-electron chi connectivity index (χ3n) is 4.45. The number of aromatic amines is 1. The van der Waals surface area contributed by atoms with Crippen LogP contribution >= 0.6 is 12.2 Å². The average molecular weight is 404 g/mol. The number of nitrogens with one attached hydrogen (secondary N) is 1. The quantitative estimate of drug-likeness (QED) is 0.389. The third kappa shape index (κ3) is 4.17. The second-order valence-electron chi connectivity index (χ2n) is 6.48. The van der Waals surface area contributed by atoms with Gasteiger partial charge in [0, 0.05) is 17.3 Å². The number of H-pyrrole nitrogens is 1. The molecular formula is C21H20N6OS. The van der Waals surface area contributed by atoms with Crippen molar-refractivity contribution in [3.63, 3.8) is 0 Å². The van der Waals surface area contributed by atoms with Crippen molar-refractivity contribution in [1.82, 2.24) is 24.7 Å². The van der Waals surface area contributed by atoms with Crippen LogP contribution in [0.25, 0.3) is 11.3 Å². The van der Waals surface area contributed by atoms with E-state index >= 15 is 0 Å². The molecule has 4 aromatic rings. The summed E-state index contributed by atoms with van der Waals surface area (Å²) in [4.78, 5) is 0. The lowest BCUT2D eigenvalue weighted by molar-refractivity contribution is 0.415. The van der Waals surface area contributed by atoms with E-state index in [1.165, 1.54) is 5.56 Å². The van der Waals surface area contributed by atoms with Gasteiger partial charge in [-0.25, -0.2) is 0 Å². The monoisotopic (exact) mass is 404 g/mol. The Labute approximate surface area is 173 Å². The summed E-state index contributed by atoms with van der Waals surface area (Å²) in [7, 11) is 1.65. The number of ether oxygens (including phenoxy) is 1. The Bertz CT molecular complexity index is 1210. The highest BCUT2D eigenvalue weighted by Crippen LogP contribution is 2.25. The molecule has 7 nitrogen and oxygen atoms in total. The van der Waals surface area contributed by atoms with E-state index < -0.39 is 0 Å². The van der Waals surface area contributed by atoms with Crippen molar-refractivity contribution in [2.75, 3.05) is 7.11 Å². The standard InChI is InChI=1S/C21H20N6OS/c1-15-23-24-21(29)27(15)22-12-18-14-26(13-16-7-4-3-5-8-16)25-20(18)17-9-6-10-19(11-17)28-2/h3-12,14H,13H2,1-2H3,(H,24,29)/b22-12-. The Balaban J connectivity index is 1.76. The van der Waals surface area contributed by atoms with Gasteiger partial charge in [0.05, 0.1) is 19.9 Å². The zero-order chi connectivity index (χ0) is 20.2. The Hall–Kier alpha value is -3.52. The summed E-state index contributed by atoms with van der Waals surface area (Å²) in [6, 6.07) is 18.0. The Morgan fingerprint density at radius 2 is 2.00 bits per heavy atom. The highest BCUT2D eigenvalue weighted by molar-refractivity contribution is 7.71. The van der Waals surface area contributed by atoms with Crippen LogP contribution < -0.4 is 4.74 Å². The summed E-state index contributed by atoms with van der Waals surface area (Å²) >= 11 is 5.23. The van der Waals surface area contributed by atoms with E-state index in [9.17, 15) is 0 Å². The normalized spacial score (nSPS) is 11.2. The van der Waals surface area contributed by atoms with E-state index in [-0.39, 0.29) is 0 Å². The molecule has 2 aromatic carbocycles. The summed E-state index contributed by atoms with van der Waals surface area (Å²) in [6.45, 7) is 2.50. The molecule has 2 heterocycles. The van der Waals surface area contributed by atoms with Gasteiger partial charge in [-0.05, 0) is 36.8 Å². The van der Waals surface area contributed by atoms with E-state index in [0.717, 1.165) is 22.6 Å². The van der Waals surface area contributed by atoms with Crippen LogP contribution in [0.2, 0.25) is 0 Å². The molecule has 0 amide bonds. The topological polar surface area (TPSA) is 73.0 Å². The Kier molecular flexibility index (Phi) is 5.35. The largest absolute Gasteiger partial charge is 0.497 e. The summed E-state index contributed by atoms with van der Waals surface area (Å²) < 4.78 is 9.31. The maximum absolute atomic E-state index is 5.37. The lowest BCUT2D eigenvalue weighted by atomic mass is 10.1. The van der Waals surface area contributed by atoms with Crippen molar-refractivity contribution in [3.8, 4) is 17.0 Å². The van der Waals surface area contributed by atoms with E-state index in [1.807, 2.05) is 60.3 Å². The maximum atomic E-state index is 5.37. The van der Waals surface area contributed by atoms with Gasteiger partial charge in [-0.1, -0.05) is 42.5 Å². The minimum Gasteiger partial charge on any atom is -0.497 e. The molecule has 0 radical (unpaired) electrons. The smallest absolute Gasteiger partial charge is 0.216 e. The second kappa shape index (κ2) is 8.24. The molecule has 0 bridgehead atoms. The van der Waals surface area contributed by atoms with Crippen LogP contribution in [0.15, 0.2) is 65.9 Å². The third-order valence-corrected chi connectivity index (χ3v) is 4.71. The van der Waals surface area contributed by atoms with Gasteiger partial charge >= 0.3 is 0 Å². The summed E-state index contributed by atoms with van der Waals surface area (Å²) in [5.74, 6) is 1.46. The number of rotatable bonds is 6. The molecule has 146 valence electrons. The molecule has 0 atom stereocenters. The zero-order valence-electron chi connectivity index (χ0n) is 16.1. The van der Waals surface area contributed by atoms with Gasteiger partial charge in [0.25, 0.3) is 0 Å². The van der Waals surface area contributed by atoms with Crippen molar-refractivity contribution in [3.05, 3.63) is 82.5 Å². The predicted octanol–water partition coefficient (Wildman–Crippen LogP) is 4.05. The molecular weight excluding hydrogens is 384 g/mol. The molecule has 0 spiro atoms. The average Bonchev–Trinajstić information content (AvgIpc) is 3.29. The number of aryl methyl sites for hydroxylation is 1. The van der Waals surface area contributed by atoms with Crippen LogP contribution in [0.3, 0.4) is 0 Å². The van der Waals surface area contributed by atoms with Crippen molar-refractivity contribution in [2.24, 2.45) is 5.10 Å². The van der Waals surface area contributed by atoms with Crippen LogP contribution in [0.5, 0.6) is 5.75 Å². The first-order valence-electron chi connectivity index (χ1n) is 9.08. The first-order valence-corrected chi connectivity index (χ1v) is 9.49. The van der Waals surface area contributed by atoms with E-state index in [4.69, 9.17) is 22.1 Å². The molecule has 0 aliphatic carbocycles. The molecule has 29 heavy (non-hydrogen) atoms. The zero-order valence-corrected chi connectivity index (χ0v) is 16.9. The Morgan fingerprint density at radius 1 is 1.17 bits per heavy atom. The maximum Gasteiger partial charge on any atom is 0.216 e. The van der Waals surface area contributed by atoms with Crippen molar-refractivity contribution >= 4 is 18.4 Å². The summed E-state index contributed by atoms with van der Waals surface area (Å²) in [5.41, 5.74) is 3.81. The molecule has 4 rings (SSSR count). The van der Waals surface area contributed by atoms with Gasteiger partial charge in [0.15, 0.2) is 0 Å². The number of hydrogen-bond donors (Lipinski definition) is 1. The SMILES string of the molecule is COc1cccc(-c2nn(Cc3ccccc3)cc2/C=N\n2c(C)n[nH]c2=S)c1. The molecule has 0 aliphatic rings. The van der Waals surface area contributed by atoms with Gasteiger partial charge < -0.3 is 4.74 Å². The molecule has 0 aliphatic heterocycles. The van der Waals surface area contributed by atoms with Gasteiger partial charge in [0.2, 0.25) is 4.77 Å². The fourth-order valence-electron chi connectivity index (χ4n) is 3.00. The van der Waals surface area contributed by atoms with E-state index in [2.05, 4.69) is 27.4 Å². The second-order valence-corrected chi connectivity index (χ2v) is 6.87.